The Morgan fingerprint density at radius 2 is 2.00 bits per heavy atom. The van der Waals surface area contributed by atoms with Gasteiger partial charge in [-0.15, -0.1) is 0 Å². The van der Waals surface area contributed by atoms with Gasteiger partial charge in [0, 0.05) is 5.92 Å². The van der Waals surface area contributed by atoms with E-state index in [9.17, 15) is 4.79 Å². The molecule has 2 aliphatic heterocycles. The Bertz CT molecular complexity index is 345. The van der Waals surface area contributed by atoms with Crippen LogP contribution in [0.2, 0.25) is 19.6 Å². The van der Waals surface area contributed by atoms with Crippen molar-refractivity contribution < 1.29 is 14.0 Å². The molecule has 1 fully saturated rings. The molecular formula is C12H20O3Si. The van der Waals surface area contributed by atoms with Gasteiger partial charge in [-0.05, 0) is 32.6 Å². The van der Waals surface area contributed by atoms with Gasteiger partial charge in [-0.2, -0.15) is 0 Å². The monoisotopic (exact) mass is 240 g/mol. The maximum absolute atomic E-state index is 12.1. The van der Waals surface area contributed by atoms with Gasteiger partial charge in [0.2, 0.25) is 0 Å². The number of ether oxygens (including phenoxy) is 1. The fourth-order valence-electron chi connectivity index (χ4n) is 2.41. The van der Waals surface area contributed by atoms with E-state index in [0.717, 1.165) is 0 Å². The lowest BCUT2D eigenvalue weighted by Gasteiger charge is -2.43. The Morgan fingerprint density at radius 3 is 2.56 bits per heavy atom. The van der Waals surface area contributed by atoms with Gasteiger partial charge < -0.3 is 9.16 Å². The summed E-state index contributed by atoms with van der Waals surface area (Å²) in [5.74, 6) is -0.783. The summed E-state index contributed by atoms with van der Waals surface area (Å²) in [5, 5.41) is 0. The van der Waals surface area contributed by atoms with Crippen molar-refractivity contribution in [3.05, 3.63) is 12.2 Å². The zero-order valence-corrected chi connectivity index (χ0v) is 11.6. The molecule has 2 heterocycles. The third-order valence-corrected chi connectivity index (χ3v) is 4.21. The van der Waals surface area contributed by atoms with Crippen LogP contribution in [0.3, 0.4) is 0 Å². The number of carbonyl (C=O) groups is 1. The van der Waals surface area contributed by atoms with Crippen molar-refractivity contribution in [2.45, 2.75) is 45.4 Å². The van der Waals surface area contributed by atoms with Gasteiger partial charge in [0.05, 0.1) is 12.0 Å². The molecule has 4 atom stereocenters. The van der Waals surface area contributed by atoms with Crippen LogP contribution >= 0.6 is 0 Å². The molecule has 0 aromatic heterocycles. The van der Waals surface area contributed by atoms with E-state index in [0.29, 0.717) is 0 Å². The number of Topliss-reactive ketones (excluding diaryl/α,β-unsaturated/α-hetero) is 1. The molecule has 2 bridgehead atoms. The van der Waals surface area contributed by atoms with E-state index in [1.54, 1.807) is 0 Å². The molecule has 0 spiro atoms. The molecule has 2 rings (SSSR count). The molecular weight excluding hydrogens is 220 g/mol. The number of fused-ring (bicyclic) bond motifs is 2. The van der Waals surface area contributed by atoms with Crippen LogP contribution in [0.15, 0.2) is 12.2 Å². The number of hydrogen-bond acceptors (Lipinski definition) is 3. The lowest BCUT2D eigenvalue weighted by Crippen LogP contribution is -2.55. The maximum Gasteiger partial charge on any atom is 0.189 e. The molecule has 1 saturated heterocycles. The Hall–Kier alpha value is -0.453. The first-order valence-corrected chi connectivity index (χ1v) is 9.27. The first-order chi connectivity index (χ1) is 7.25. The van der Waals surface area contributed by atoms with Crippen molar-refractivity contribution >= 4 is 14.1 Å². The van der Waals surface area contributed by atoms with Crippen LogP contribution in [-0.4, -0.2) is 26.0 Å². The Kier molecular flexibility index (Phi) is 2.64. The van der Waals surface area contributed by atoms with Crippen LogP contribution in [0.25, 0.3) is 0 Å². The lowest BCUT2D eigenvalue weighted by molar-refractivity contribution is -0.218. The zero-order valence-electron chi connectivity index (χ0n) is 10.6. The molecule has 0 aromatic rings. The topological polar surface area (TPSA) is 35.5 Å². The predicted octanol–water partition coefficient (Wildman–Crippen LogP) is 2.34. The summed E-state index contributed by atoms with van der Waals surface area (Å²) < 4.78 is 12.0. The van der Waals surface area contributed by atoms with Crippen LogP contribution in [0, 0.1) is 11.8 Å². The van der Waals surface area contributed by atoms with Crippen molar-refractivity contribution in [2.75, 3.05) is 0 Å². The fourth-order valence-corrected chi connectivity index (χ4v) is 3.66. The van der Waals surface area contributed by atoms with Gasteiger partial charge in [-0.25, -0.2) is 0 Å². The van der Waals surface area contributed by atoms with E-state index in [-0.39, 0.29) is 23.7 Å². The average Bonchev–Trinajstić information content (AvgIpc) is 2.53. The highest BCUT2D eigenvalue weighted by Gasteiger charge is 2.54. The Labute approximate surface area is 97.9 Å². The van der Waals surface area contributed by atoms with E-state index in [1.807, 2.05) is 26.0 Å². The number of ketones is 1. The molecule has 2 aliphatic rings. The van der Waals surface area contributed by atoms with Gasteiger partial charge in [-0.1, -0.05) is 13.0 Å². The molecule has 3 nitrogen and oxygen atoms in total. The van der Waals surface area contributed by atoms with E-state index >= 15 is 0 Å². The number of rotatable bonds is 2. The smallest absolute Gasteiger partial charge is 0.189 e. The standard InChI is InChI=1S/C12H20O3Si/c1-8-10-6-7-12(14-10,9(2)11(8)13)15-16(3,4)5/h6-10H,1-5H3/t8-,9-,10-,12+/m0/s1. The third-order valence-electron chi connectivity index (χ3n) is 3.28. The van der Waals surface area contributed by atoms with Crippen LogP contribution in [0.4, 0.5) is 0 Å². The summed E-state index contributed by atoms with van der Waals surface area (Å²) in [6.07, 6.45) is 3.83. The summed E-state index contributed by atoms with van der Waals surface area (Å²) >= 11 is 0. The van der Waals surface area contributed by atoms with Gasteiger partial charge >= 0.3 is 0 Å². The van der Waals surface area contributed by atoms with Crippen LogP contribution in [-0.2, 0) is 14.0 Å². The van der Waals surface area contributed by atoms with Crippen molar-refractivity contribution in [3.8, 4) is 0 Å². The zero-order chi connectivity index (χ0) is 12.1. The second kappa shape index (κ2) is 3.52. The third kappa shape index (κ3) is 1.79. The fraction of sp³-hybridized carbons (Fsp3) is 0.750. The highest BCUT2D eigenvalue weighted by Crippen LogP contribution is 2.43. The first kappa shape index (κ1) is 12.0. The molecule has 0 aliphatic carbocycles. The van der Waals surface area contributed by atoms with E-state index < -0.39 is 14.1 Å². The lowest BCUT2D eigenvalue weighted by atomic mass is 9.86. The van der Waals surface area contributed by atoms with Crippen LogP contribution in [0.5, 0.6) is 0 Å². The molecule has 0 saturated carbocycles. The molecule has 90 valence electrons. The molecule has 0 unspecified atom stereocenters. The van der Waals surface area contributed by atoms with Gasteiger partial charge in [0.15, 0.2) is 14.1 Å². The summed E-state index contributed by atoms with van der Waals surface area (Å²) in [7, 11) is -1.73. The van der Waals surface area contributed by atoms with E-state index in [2.05, 4.69) is 19.6 Å². The highest BCUT2D eigenvalue weighted by atomic mass is 28.4. The summed E-state index contributed by atoms with van der Waals surface area (Å²) in [6.45, 7) is 10.2. The number of hydrogen-bond donors (Lipinski definition) is 0. The molecule has 0 aromatic carbocycles. The van der Waals surface area contributed by atoms with Gasteiger partial charge in [-0.3, -0.25) is 4.79 Å². The maximum atomic E-state index is 12.1. The van der Waals surface area contributed by atoms with Crippen LogP contribution in [0.1, 0.15) is 13.8 Å². The first-order valence-electron chi connectivity index (χ1n) is 5.86. The van der Waals surface area contributed by atoms with Crippen molar-refractivity contribution in [1.29, 1.82) is 0 Å². The second-order valence-electron chi connectivity index (χ2n) is 5.79. The number of carbonyl (C=O) groups excluding carboxylic acids is 1. The average molecular weight is 240 g/mol. The van der Waals surface area contributed by atoms with Gasteiger partial charge in [0.25, 0.3) is 0 Å². The van der Waals surface area contributed by atoms with E-state index in [1.165, 1.54) is 0 Å². The normalized spacial score (nSPS) is 42.8. The Balaban J connectivity index is 2.29. The summed E-state index contributed by atoms with van der Waals surface area (Å²) in [6, 6.07) is 0. The quantitative estimate of drug-likeness (QED) is 0.549. The molecule has 0 N–H and O–H groups in total. The molecule has 0 radical (unpaired) electrons. The second-order valence-corrected chi connectivity index (χ2v) is 10.2. The molecule has 0 amide bonds. The van der Waals surface area contributed by atoms with Crippen LogP contribution < -0.4 is 0 Å². The SMILES string of the molecule is C[C@@H]1C(=O)[C@H](C)[C@]2(O[Si](C)(C)C)C=C[C@@H]1O2. The largest absolute Gasteiger partial charge is 0.387 e. The van der Waals surface area contributed by atoms with Crippen molar-refractivity contribution in [3.63, 3.8) is 0 Å². The van der Waals surface area contributed by atoms with E-state index in [4.69, 9.17) is 9.16 Å². The summed E-state index contributed by atoms with van der Waals surface area (Å²) in [4.78, 5) is 12.1. The molecule has 4 heteroatoms. The minimum Gasteiger partial charge on any atom is -0.387 e. The Morgan fingerprint density at radius 1 is 1.38 bits per heavy atom. The van der Waals surface area contributed by atoms with Crippen molar-refractivity contribution in [2.24, 2.45) is 11.8 Å². The predicted molar refractivity (Wildman–Crippen MR) is 64.5 cm³/mol. The summed E-state index contributed by atoms with van der Waals surface area (Å²) in [5.41, 5.74) is 0. The van der Waals surface area contributed by atoms with Gasteiger partial charge in [0.1, 0.15) is 5.78 Å². The minimum atomic E-state index is -1.73. The van der Waals surface area contributed by atoms with Crippen molar-refractivity contribution in [1.82, 2.24) is 0 Å². The molecule has 16 heavy (non-hydrogen) atoms. The minimum absolute atomic E-state index is 0.0490. The highest BCUT2D eigenvalue weighted by molar-refractivity contribution is 6.69.